The minimum Gasteiger partial charge on any atom is -0.387 e. The van der Waals surface area contributed by atoms with Crippen LogP contribution in [0.2, 0.25) is 0 Å². The number of hydrogen-bond donors (Lipinski definition) is 3. The molecule has 1 unspecified atom stereocenters. The Balaban J connectivity index is 2.29. The largest absolute Gasteiger partial charge is 0.387 e. The predicted octanol–water partition coefficient (Wildman–Crippen LogP) is -0.292. The Hall–Kier alpha value is -0.260. The second-order valence-corrected chi connectivity index (χ2v) is 5.13. The minimum atomic E-state index is -0.847. The van der Waals surface area contributed by atoms with Gasteiger partial charge in [-0.05, 0) is 26.0 Å². The van der Waals surface area contributed by atoms with Gasteiger partial charge < -0.3 is 16.2 Å². The molecule has 0 aromatic carbocycles. The van der Waals surface area contributed by atoms with Gasteiger partial charge in [-0.25, -0.2) is 0 Å². The standard InChI is InChI=1S/C9H18N2O2S/c1-8(13,6-14-2)5-11-7(12)9(10)3-4-9/h13H,3-6,10H2,1-2H3,(H,11,12). The van der Waals surface area contributed by atoms with Gasteiger partial charge in [-0.1, -0.05) is 0 Å². The maximum Gasteiger partial charge on any atom is 0.240 e. The lowest BCUT2D eigenvalue weighted by molar-refractivity contribution is -0.124. The smallest absolute Gasteiger partial charge is 0.240 e. The van der Waals surface area contributed by atoms with Gasteiger partial charge in [0.1, 0.15) is 0 Å². The monoisotopic (exact) mass is 218 g/mol. The average Bonchev–Trinajstić information content (AvgIpc) is 2.81. The van der Waals surface area contributed by atoms with E-state index in [-0.39, 0.29) is 12.5 Å². The van der Waals surface area contributed by atoms with E-state index in [0.29, 0.717) is 5.75 Å². The summed E-state index contributed by atoms with van der Waals surface area (Å²) in [6.07, 6.45) is 3.43. The van der Waals surface area contributed by atoms with Gasteiger partial charge in [0.15, 0.2) is 0 Å². The molecule has 4 N–H and O–H groups in total. The summed E-state index contributed by atoms with van der Waals surface area (Å²) in [5, 5.41) is 12.5. The quantitative estimate of drug-likeness (QED) is 0.592. The molecular formula is C9H18N2O2S. The van der Waals surface area contributed by atoms with Crippen LogP contribution in [0.15, 0.2) is 0 Å². The highest BCUT2D eigenvalue weighted by Gasteiger charge is 2.46. The van der Waals surface area contributed by atoms with E-state index in [9.17, 15) is 9.90 Å². The molecule has 1 fully saturated rings. The Kier molecular flexibility index (Phi) is 3.44. The number of rotatable bonds is 5. The zero-order valence-electron chi connectivity index (χ0n) is 8.67. The predicted molar refractivity (Wildman–Crippen MR) is 58.2 cm³/mol. The first-order valence-corrected chi connectivity index (χ1v) is 6.07. The third kappa shape index (κ3) is 3.15. The molecule has 0 bridgehead atoms. The molecule has 4 nitrogen and oxygen atoms in total. The second kappa shape index (κ2) is 4.08. The molecule has 5 heteroatoms. The van der Waals surface area contributed by atoms with Gasteiger partial charge in [-0.2, -0.15) is 11.8 Å². The molecule has 1 atom stereocenters. The van der Waals surface area contributed by atoms with Crippen molar-refractivity contribution in [2.24, 2.45) is 5.73 Å². The second-order valence-electron chi connectivity index (χ2n) is 4.27. The summed E-state index contributed by atoms with van der Waals surface area (Å²) in [4.78, 5) is 11.4. The first-order chi connectivity index (χ1) is 6.40. The van der Waals surface area contributed by atoms with E-state index in [1.54, 1.807) is 18.7 Å². The average molecular weight is 218 g/mol. The molecule has 14 heavy (non-hydrogen) atoms. The molecule has 82 valence electrons. The van der Waals surface area contributed by atoms with Crippen LogP contribution in [0.25, 0.3) is 0 Å². The summed E-state index contributed by atoms with van der Waals surface area (Å²) in [5.74, 6) is 0.462. The highest BCUT2D eigenvalue weighted by Crippen LogP contribution is 2.32. The molecule has 0 aromatic rings. The Bertz CT molecular complexity index is 227. The Morgan fingerprint density at radius 1 is 1.71 bits per heavy atom. The number of amides is 1. The normalized spacial score (nSPS) is 22.6. The first kappa shape index (κ1) is 11.8. The van der Waals surface area contributed by atoms with Crippen LogP contribution in [0.5, 0.6) is 0 Å². The van der Waals surface area contributed by atoms with E-state index in [0.717, 1.165) is 12.8 Å². The van der Waals surface area contributed by atoms with E-state index in [1.807, 2.05) is 6.26 Å². The lowest BCUT2D eigenvalue weighted by Gasteiger charge is -2.23. The first-order valence-electron chi connectivity index (χ1n) is 4.68. The Labute approximate surface area is 88.6 Å². The van der Waals surface area contributed by atoms with Crippen molar-refractivity contribution in [1.29, 1.82) is 0 Å². The number of carbonyl (C=O) groups excluding carboxylic acids is 1. The molecule has 0 saturated heterocycles. The van der Waals surface area contributed by atoms with Crippen LogP contribution in [0, 0.1) is 0 Å². The molecule has 1 amide bonds. The molecule has 1 aliphatic rings. The van der Waals surface area contributed by atoms with Crippen molar-refractivity contribution in [2.75, 3.05) is 18.6 Å². The fraction of sp³-hybridized carbons (Fsp3) is 0.889. The summed E-state index contributed by atoms with van der Waals surface area (Å²) in [6.45, 7) is 1.98. The fourth-order valence-corrected chi connectivity index (χ4v) is 1.89. The van der Waals surface area contributed by atoms with Crippen molar-refractivity contribution in [3.63, 3.8) is 0 Å². The maximum absolute atomic E-state index is 11.4. The molecule has 0 heterocycles. The van der Waals surface area contributed by atoms with Crippen LogP contribution in [-0.4, -0.2) is 40.7 Å². The summed E-state index contributed by atoms with van der Waals surface area (Å²) in [6, 6.07) is 0. The highest BCUT2D eigenvalue weighted by molar-refractivity contribution is 7.98. The van der Waals surface area contributed by atoms with Crippen molar-refractivity contribution >= 4 is 17.7 Å². The van der Waals surface area contributed by atoms with Gasteiger partial charge in [-0.3, -0.25) is 4.79 Å². The number of hydrogen-bond acceptors (Lipinski definition) is 4. The summed E-state index contributed by atoms with van der Waals surface area (Å²) in [7, 11) is 0. The number of carbonyl (C=O) groups is 1. The zero-order chi connectivity index (χ0) is 10.8. The maximum atomic E-state index is 11.4. The third-order valence-corrected chi connectivity index (χ3v) is 3.24. The molecule has 0 radical (unpaired) electrons. The van der Waals surface area contributed by atoms with Gasteiger partial charge in [-0.15, -0.1) is 0 Å². The van der Waals surface area contributed by atoms with Crippen LogP contribution in [0.1, 0.15) is 19.8 Å². The molecule has 1 rings (SSSR count). The van der Waals surface area contributed by atoms with Gasteiger partial charge >= 0.3 is 0 Å². The van der Waals surface area contributed by atoms with Crippen LogP contribution in [0.3, 0.4) is 0 Å². The molecule has 1 saturated carbocycles. The number of aliphatic hydroxyl groups is 1. The summed E-state index contributed by atoms with van der Waals surface area (Å²) < 4.78 is 0. The molecule has 1 aliphatic carbocycles. The highest BCUT2D eigenvalue weighted by atomic mass is 32.2. The van der Waals surface area contributed by atoms with Crippen molar-refractivity contribution in [1.82, 2.24) is 5.32 Å². The SMILES string of the molecule is CSCC(C)(O)CNC(=O)C1(N)CC1. The summed E-state index contributed by atoms with van der Waals surface area (Å²) >= 11 is 1.55. The molecule has 0 spiro atoms. The lowest BCUT2D eigenvalue weighted by Crippen LogP contribution is -2.49. The Morgan fingerprint density at radius 3 is 2.71 bits per heavy atom. The molecule has 0 aromatic heterocycles. The van der Waals surface area contributed by atoms with Crippen LogP contribution < -0.4 is 11.1 Å². The van der Waals surface area contributed by atoms with Gasteiger partial charge in [0.25, 0.3) is 0 Å². The van der Waals surface area contributed by atoms with E-state index in [1.165, 1.54) is 0 Å². The van der Waals surface area contributed by atoms with Gasteiger partial charge in [0.2, 0.25) is 5.91 Å². The lowest BCUT2D eigenvalue weighted by atomic mass is 10.1. The number of nitrogens with one attached hydrogen (secondary N) is 1. The number of thioether (sulfide) groups is 1. The van der Waals surface area contributed by atoms with Crippen LogP contribution in [0.4, 0.5) is 0 Å². The van der Waals surface area contributed by atoms with Crippen LogP contribution in [-0.2, 0) is 4.79 Å². The van der Waals surface area contributed by atoms with Crippen molar-refractivity contribution < 1.29 is 9.90 Å². The van der Waals surface area contributed by atoms with E-state index in [4.69, 9.17) is 5.73 Å². The molecular weight excluding hydrogens is 200 g/mol. The van der Waals surface area contributed by atoms with E-state index >= 15 is 0 Å². The number of nitrogens with two attached hydrogens (primary N) is 1. The Morgan fingerprint density at radius 2 is 2.29 bits per heavy atom. The minimum absolute atomic E-state index is 0.140. The zero-order valence-corrected chi connectivity index (χ0v) is 9.49. The van der Waals surface area contributed by atoms with Crippen LogP contribution >= 0.6 is 11.8 Å². The van der Waals surface area contributed by atoms with E-state index < -0.39 is 11.1 Å². The topological polar surface area (TPSA) is 75.3 Å². The summed E-state index contributed by atoms with van der Waals surface area (Å²) in [5.41, 5.74) is 4.20. The fourth-order valence-electron chi connectivity index (χ4n) is 1.17. The third-order valence-electron chi connectivity index (χ3n) is 2.33. The van der Waals surface area contributed by atoms with Crippen molar-refractivity contribution in [2.45, 2.75) is 30.9 Å². The molecule has 0 aliphatic heterocycles. The van der Waals surface area contributed by atoms with Gasteiger partial charge in [0.05, 0.1) is 11.1 Å². The van der Waals surface area contributed by atoms with Crippen molar-refractivity contribution in [3.05, 3.63) is 0 Å². The van der Waals surface area contributed by atoms with Crippen molar-refractivity contribution in [3.8, 4) is 0 Å². The van der Waals surface area contributed by atoms with E-state index in [2.05, 4.69) is 5.32 Å². The van der Waals surface area contributed by atoms with Gasteiger partial charge in [0, 0.05) is 12.3 Å².